The zero-order chi connectivity index (χ0) is 28.6. The maximum atomic E-state index is 13.1. The first-order valence-corrected chi connectivity index (χ1v) is 13.7. The molecule has 0 spiro atoms. The second-order valence-corrected chi connectivity index (χ2v) is 9.86. The molecule has 0 saturated carbocycles. The van der Waals surface area contributed by atoms with Gasteiger partial charge in [-0.2, -0.15) is 0 Å². The van der Waals surface area contributed by atoms with E-state index in [9.17, 15) is 28.8 Å². The highest BCUT2D eigenvalue weighted by Crippen LogP contribution is 2.12. The van der Waals surface area contributed by atoms with Gasteiger partial charge in [0, 0.05) is 42.0 Å². The van der Waals surface area contributed by atoms with Gasteiger partial charge in [-0.3, -0.25) is 24.0 Å². The predicted molar refractivity (Wildman–Crippen MR) is 152 cm³/mol. The van der Waals surface area contributed by atoms with E-state index in [4.69, 9.17) is 9.84 Å². The molecule has 0 saturated heterocycles. The van der Waals surface area contributed by atoms with E-state index in [1.165, 1.54) is 33.9 Å². The third kappa shape index (κ3) is 12.8. The van der Waals surface area contributed by atoms with Crippen molar-refractivity contribution in [2.24, 2.45) is 0 Å². The van der Waals surface area contributed by atoms with Crippen molar-refractivity contribution in [2.45, 2.75) is 78.3 Å². The van der Waals surface area contributed by atoms with Gasteiger partial charge in [-0.05, 0) is 50.1 Å². The highest BCUT2D eigenvalue weighted by molar-refractivity contribution is 7.09. The van der Waals surface area contributed by atoms with Gasteiger partial charge in [-0.15, -0.1) is 11.3 Å². The molecule has 0 aliphatic carbocycles. The summed E-state index contributed by atoms with van der Waals surface area (Å²) >= 11 is 1.63. The zero-order valence-electron chi connectivity index (χ0n) is 21.9. The van der Waals surface area contributed by atoms with Crippen LogP contribution >= 0.6 is 11.3 Å². The smallest absolute Gasteiger partial charge is 0.330 e. The number of carboxylic acid groups (broad SMARTS) is 1. The number of amides is 1. The molecule has 2 heterocycles. The molecular weight excluding hydrogens is 536 g/mol. The van der Waals surface area contributed by atoms with Gasteiger partial charge in [-0.25, -0.2) is 4.79 Å². The van der Waals surface area contributed by atoms with Crippen molar-refractivity contribution >= 4 is 40.7 Å². The summed E-state index contributed by atoms with van der Waals surface area (Å²) in [4.78, 5) is 74.2. The van der Waals surface area contributed by atoms with E-state index in [0.717, 1.165) is 6.42 Å². The standard InChI is InChI=1S/C28H34N2O8S.CH4/c1-2-38-27(36)13-4-3-12-23(29-25(33)14-15-26(34)35)24(32)18-20-8-6-16-30(28(20)37)19-21(31)9-5-10-22-11-7-17-39-22;/h4,6-8,11,13,16-17,23H,2-3,5,9-10,12,14-15,18-19H2,1H3,(H,29,33)(H,34,35);1H4/b13-4+;/t23-;/m0./s1. The minimum atomic E-state index is -1.14. The molecule has 0 fully saturated rings. The fraction of sp³-hybridized carbons (Fsp3) is 0.448. The maximum Gasteiger partial charge on any atom is 0.330 e. The highest BCUT2D eigenvalue weighted by Gasteiger charge is 2.22. The van der Waals surface area contributed by atoms with Crippen molar-refractivity contribution in [3.05, 3.63) is 68.8 Å². The number of aromatic nitrogens is 1. The van der Waals surface area contributed by atoms with E-state index >= 15 is 0 Å². The Kier molecular flexibility index (Phi) is 15.7. The Hall–Kier alpha value is -3.86. The molecule has 1 atom stereocenters. The van der Waals surface area contributed by atoms with E-state index in [1.807, 2.05) is 17.5 Å². The summed E-state index contributed by atoms with van der Waals surface area (Å²) in [6.07, 6.45) is 5.47. The third-order valence-corrected chi connectivity index (χ3v) is 6.66. The number of esters is 1. The Balaban J connectivity index is 0.00000800. The van der Waals surface area contributed by atoms with E-state index in [2.05, 4.69) is 5.32 Å². The molecule has 0 aromatic carbocycles. The van der Waals surface area contributed by atoms with Gasteiger partial charge in [0.2, 0.25) is 5.91 Å². The minimum absolute atomic E-state index is 0. The minimum Gasteiger partial charge on any atom is -0.481 e. The molecule has 2 aromatic rings. The number of hydrogen-bond donors (Lipinski definition) is 2. The van der Waals surface area contributed by atoms with Crippen LogP contribution in [0, 0.1) is 0 Å². The van der Waals surface area contributed by atoms with Crippen LogP contribution < -0.4 is 10.9 Å². The first-order chi connectivity index (χ1) is 18.7. The second-order valence-electron chi connectivity index (χ2n) is 8.83. The predicted octanol–water partition coefficient (Wildman–Crippen LogP) is 3.50. The molecule has 0 unspecified atom stereocenters. The topological polar surface area (TPSA) is 149 Å². The van der Waals surface area contributed by atoms with Crippen molar-refractivity contribution < 1.29 is 33.8 Å². The third-order valence-electron chi connectivity index (χ3n) is 5.72. The number of allylic oxidation sites excluding steroid dienone is 1. The van der Waals surface area contributed by atoms with Crippen LogP contribution in [0.25, 0.3) is 0 Å². The van der Waals surface area contributed by atoms with Crippen molar-refractivity contribution in [1.29, 1.82) is 0 Å². The average molecular weight is 575 g/mol. The number of nitrogens with zero attached hydrogens (tertiary/aromatic N) is 1. The number of carboxylic acids is 1. The largest absolute Gasteiger partial charge is 0.481 e. The number of thiophene rings is 1. The van der Waals surface area contributed by atoms with Crippen molar-refractivity contribution in [2.75, 3.05) is 6.61 Å². The summed E-state index contributed by atoms with van der Waals surface area (Å²) in [5, 5.41) is 13.3. The Bertz CT molecular complexity index is 1220. The van der Waals surface area contributed by atoms with Crippen LogP contribution in [0.4, 0.5) is 0 Å². The molecule has 2 rings (SSSR count). The summed E-state index contributed by atoms with van der Waals surface area (Å²) in [5.74, 6) is -2.81. The summed E-state index contributed by atoms with van der Waals surface area (Å²) in [5.41, 5.74) is -0.281. The van der Waals surface area contributed by atoms with Crippen molar-refractivity contribution in [1.82, 2.24) is 9.88 Å². The summed E-state index contributed by atoms with van der Waals surface area (Å²) in [6.45, 7) is 1.80. The van der Waals surface area contributed by atoms with Gasteiger partial charge < -0.3 is 19.7 Å². The van der Waals surface area contributed by atoms with Crippen LogP contribution in [0.5, 0.6) is 0 Å². The normalized spacial score (nSPS) is 11.4. The van der Waals surface area contributed by atoms with E-state index < -0.39 is 35.2 Å². The highest BCUT2D eigenvalue weighted by atomic mass is 32.1. The molecule has 0 aliphatic rings. The lowest BCUT2D eigenvalue weighted by atomic mass is 10.00. The zero-order valence-corrected chi connectivity index (χ0v) is 22.7. The molecular formula is C29H38N2O8S. The fourth-order valence-corrected chi connectivity index (χ4v) is 4.52. The number of rotatable bonds is 18. The van der Waals surface area contributed by atoms with Crippen LogP contribution in [0.3, 0.4) is 0 Å². The summed E-state index contributed by atoms with van der Waals surface area (Å²) in [6, 6.07) is 6.07. The number of nitrogens with one attached hydrogen (secondary N) is 1. The Morgan fingerprint density at radius 1 is 1.12 bits per heavy atom. The molecule has 0 radical (unpaired) electrons. The van der Waals surface area contributed by atoms with Crippen LogP contribution in [0.2, 0.25) is 0 Å². The number of ether oxygens (including phenoxy) is 1. The lowest BCUT2D eigenvalue weighted by Crippen LogP contribution is -2.42. The van der Waals surface area contributed by atoms with Gasteiger partial charge in [-0.1, -0.05) is 25.6 Å². The maximum absolute atomic E-state index is 13.1. The molecule has 0 bridgehead atoms. The number of hydrogen-bond acceptors (Lipinski definition) is 8. The summed E-state index contributed by atoms with van der Waals surface area (Å²) in [7, 11) is 0. The lowest BCUT2D eigenvalue weighted by molar-refractivity contribution is -0.139. The summed E-state index contributed by atoms with van der Waals surface area (Å²) < 4.78 is 6.08. The molecule has 10 nitrogen and oxygen atoms in total. The number of carbonyl (C=O) groups excluding carboxylic acids is 4. The van der Waals surface area contributed by atoms with Gasteiger partial charge in [0.15, 0.2) is 11.6 Å². The molecule has 2 aromatic heterocycles. The molecule has 40 heavy (non-hydrogen) atoms. The number of aliphatic carboxylic acids is 1. The van der Waals surface area contributed by atoms with E-state index in [1.54, 1.807) is 24.3 Å². The Morgan fingerprint density at radius 2 is 1.90 bits per heavy atom. The van der Waals surface area contributed by atoms with Crippen LogP contribution in [0.15, 0.2) is 52.8 Å². The number of pyridine rings is 1. The molecule has 11 heteroatoms. The molecule has 1 amide bonds. The van der Waals surface area contributed by atoms with E-state index in [0.29, 0.717) is 12.8 Å². The first-order valence-electron chi connectivity index (χ1n) is 12.8. The van der Waals surface area contributed by atoms with Crippen molar-refractivity contribution in [3.63, 3.8) is 0 Å². The number of aryl methyl sites for hydroxylation is 1. The Morgan fingerprint density at radius 3 is 2.58 bits per heavy atom. The average Bonchev–Trinajstić information content (AvgIpc) is 3.40. The van der Waals surface area contributed by atoms with Gasteiger partial charge in [0.25, 0.3) is 5.56 Å². The lowest BCUT2D eigenvalue weighted by Gasteiger charge is -2.17. The van der Waals surface area contributed by atoms with Gasteiger partial charge in [0.05, 0.1) is 25.6 Å². The van der Waals surface area contributed by atoms with Gasteiger partial charge in [0.1, 0.15) is 0 Å². The Labute approximate surface area is 238 Å². The number of carbonyl (C=O) groups is 5. The number of ketones is 2. The van der Waals surface area contributed by atoms with Crippen molar-refractivity contribution in [3.8, 4) is 0 Å². The number of Topliss-reactive ketones (excluding diaryl/α,β-unsaturated/α-hetero) is 2. The second kappa shape index (κ2) is 18.4. The molecule has 2 N–H and O–H groups in total. The molecule has 218 valence electrons. The van der Waals surface area contributed by atoms with E-state index in [-0.39, 0.29) is 64.0 Å². The van der Waals surface area contributed by atoms with Crippen LogP contribution in [-0.2, 0) is 48.1 Å². The fourth-order valence-electron chi connectivity index (χ4n) is 3.77. The monoisotopic (exact) mass is 574 g/mol. The molecule has 0 aliphatic heterocycles. The van der Waals surface area contributed by atoms with Gasteiger partial charge >= 0.3 is 11.9 Å². The van der Waals surface area contributed by atoms with Crippen LogP contribution in [0.1, 0.15) is 63.3 Å². The SMILES string of the molecule is C.CCOC(=O)/C=C/CC[C@H](NC(=O)CCC(=O)O)C(=O)Cc1cccn(CC(=O)CCCc2cccs2)c1=O. The van der Waals surface area contributed by atoms with Crippen LogP contribution in [-0.4, -0.2) is 51.7 Å². The quantitative estimate of drug-likeness (QED) is 0.203. The first kappa shape index (κ1) is 34.2.